The molecule has 0 atom stereocenters. The van der Waals surface area contributed by atoms with Gasteiger partial charge in [0.25, 0.3) is 0 Å². The summed E-state index contributed by atoms with van der Waals surface area (Å²) in [6.45, 7) is 14.1. The molecule has 17 heavy (non-hydrogen) atoms. The number of aryl methyl sites for hydroxylation is 2. The minimum absolute atomic E-state index is 0.700. The smallest absolute Gasteiger partial charge is 0.0669 e. The van der Waals surface area contributed by atoms with E-state index in [0.717, 1.165) is 32.5 Å². The van der Waals surface area contributed by atoms with Gasteiger partial charge in [-0.15, -0.1) is 0 Å². The summed E-state index contributed by atoms with van der Waals surface area (Å²) in [6, 6.07) is 0. The number of rotatable bonds is 7. The van der Waals surface area contributed by atoms with Crippen LogP contribution < -0.4 is 5.32 Å². The molecule has 0 saturated heterocycles. The Morgan fingerprint density at radius 2 is 1.88 bits per heavy atom. The lowest BCUT2D eigenvalue weighted by Gasteiger charge is -2.09. The van der Waals surface area contributed by atoms with Gasteiger partial charge < -0.3 is 5.32 Å². The molecule has 0 aliphatic rings. The maximum atomic E-state index is 4.69. The lowest BCUT2D eigenvalue weighted by Crippen LogP contribution is -2.20. The molecule has 3 nitrogen and oxygen atoms in total. The molecule has 98 valence electrons. The summed E-state index contributed by atoms with van der Waals surface area (Å²) >= 11 is 0. The van der Waals surface area contributed by atoms with Gasteiger partial charge in [0.05, 0.1) is 5.69 Å². The molecule has 0 aliphatic heterocycles. The molecule has 1 rings (SSSR count). The first-order valence-electron chi connectivity index (χ1n) is 6.92. The zero-order chi connectivity index (χ0) is 12.8. The van der Waals surface area contributed by atoms with Crippen molar-refractivity contribution in [1.29, 1.82) is 0 Å². The lowest BCUT2D eigenvalue weighted by atomic mass is 10.1. The van der Waals surface area contributed by atoms with Crippen LogP contribution >= 0.6 is 0 Å². The van der Waals surface area contributed by atoms with Crippen LogP contribution in [0.25, 0.3) is 0 Å². The summed E-state index contributed by atoms with van der Waals surface area (Å²) in [6.07, 6.45) is 2.10. The van der Waals surface area contributed by atoms with Gasteiger partial charge in [0.1, 0.15) is 0 Å². The van der Waals surface area contributed by atoms with Gasteiger partial charge in [-0.2, -0.15) is 5.10 Å². The Morgan fingerprint density at radius 3 is 2.35 bits per heavy atom. The maximum absolute atomic E-state index is 4.69. The molecule has 0 spiro atoms. The Kier molecular flexibility index (Phi) is 5.69. The van der Waals surface area contributed by atoms with E-state index in [9.17, 15) is 0 Å². The number of nitrogens with one attached hydrogen (secondary N) is 1. The van der Waals surface area contributed by atoms with Crippen molar-refractivity contribution in [3.05, 3.63) is 17.0 Å². The second kappa shape index (κ2) is 6.80. The Bertz CT molecular complexity index is 339. The molecule has 1 heterocycles. The van der Waals surface area contributed by atoms with Gasteiger partial charge in [-0.25, -0.2) is 0 Å². The number of nitrogens with zero attached hydrogens (tertiary/aromatic N) is 2. The molecule has 0 unspecified atom stereocenters. The highest BCUT2D eigenvalue weighted by Crippen LogP contribution is 2.16. The van der Waals surface area contributed by atoms with Gasteiger partial charge in [0.2, 0.25) is 0 Å². The van der Waals surface area contributed by atoms with Crippen molar-refractivity contribution in [2.75, 3.05) is 6.54 Å². The van der Waals surface area contributed by atoms with Gasteiger partial charge in [0.15, 0.2) is 0 Å². The van der Waals surface area contributed by atoms with Crippen molar-refractivity contribution in [3.8, 4) is 0 Å². The maximum Gasteiger partial charge on any atom is 0.0669 e. The highest BCUT2D eigenvalue weighted by Gasteiger charge is 2.13. The first-order chi connectivity index (χ1) is 8.13. The van der Waals surface area contributed by atoms with Crippen molar-refractivity contribution in [1.82, 2.24) is 15.1 Å². The minimum atomic E-state index is 0.700. The summed E-state index contributed by atoms with van der Waals surface area (Å²) in [7, 11) is 0. The highest BCUT2D eigenvalue weighted by molar-refractivity contribution is 5.26. The summed E-state index contributed by atoms with van der Waals surface area (Å²) < 4.78 is 2.16. The van der Waals surface area contributed by atoms with Crippen molar-refractivity contribution in [2.24, 2.45) is 5.92 Å². The van der Waals surface area contributed by atoms with E-state index in [1.165, 1.54) is 17.0 Å². The third-order valence-electron chi connectivity index (χ3n) is 3.07. The van der Waals surface area contributed by atoms with Crippen molar-refractivity contribution < 1.29 is 0 Å². The van der Waals surface area contributed by atoms with Crippen LogP contribution in [0.2, 0.25) is 0 Å². The second-order valence-corrected chi connectivity index (χ2v) is 4.92. The van der Waals surface area contributed by atoms with E-state index in [4.69, 9.17) is 5.10 Å². The first kappa shape index (κ1) is 14.2. The molecule has 0 aromatic carbocycles. The van der Waals surface area contributed by atoms with E-state index in [2.05, 4.69) is 44.6 Å². The van der Waals surface area contributed by atoms with Gasteiger partial charge in [-0.05, 0) is 32.2 Å². The molecule has 1 aromatic heterocycles. The van der Waals surface area contributed by atoms with Crippen LogP contribution in [0.15, 0.2) is 0 Å². The van der Waals surface area contributed by atoms with Gasteiger partial charge in [0, 0.05) is 24.3 Å². The van der Waals surface area contributed by atoms with E-state index >= 15 is 0 Å². The number of aromatic nitrogens is 2. The minimum Gasteiger partial charge on any atom is -0.312 e. The van der Waals surface area contributed by atoms with E-state index in [1.807, 2.05) is 0 Å². The monoisotopic (exact) mass is 237 g/mol. The molecule has 0 fully saturated rings. The normalized spacial score (nSPS) is 11.4. The quantitative estimate of drug-likeness (QED) is 0.790. The third-order valence-corrected chi connectivity index (χ3v) is 3.07. The van der Waals surface area contributed by atoms with Crippen LogP contribution in [0, 0.1) is 5.92 Å². The van der Waals surface area contributed by atoms with Gasteiger partial charge in [-0.3, -0.25) is 4.68 Å². The average molecular weight is 237 g/mol. The van der Waals surface area contributed by atoms with Crippen LogP contribution in [0.1, 0.15) is 51.6 Å². The number of hydrogen-bond donors (Lipinski definition) is 1. The molecule has 0 radical (unpaired) electrons. The van der Waals surface area contributed by atoms with Crippen LogP contribution in [0.5, 0.6) is 0 Å². The molecule has 0 saturated carbocycles. The molecule has 0 bridgehead atoms. The van der Waals surface area contributed by atoms with E-state index in [-0.39, 0.29) is 0 Å². The summed E-state index contributed by atoms with van der Waals surface area (Å²) in [4.78, 5) is 0. The summed E-state index contributed by atoms with van der Waals surface area (Å²) in [5.41, 5.74) is 4.10. The predicted molar refractivity (Wildman–Crippen MR) is 73.2 cm³/mol. The SMILES string of the molecule is CCc1nn(CC)c(CC)c1CNCC(C)C. The van der Waals surface area contributed by atoms with E-state index < -0.39 is 0 Å². The number of hydrogen-bond acceptors (Lipinski definition) is 2. The summed E-state index contributed by atoms with van der Waals surface area (Å²) in [5.74, 6) is 0.700. The largest absolute Gasteiger partial charge is 0.312 e. The van der Waals surface area contributed by atoms with E-state index in [1.54, 1.807) is 0 Å². The zero-order valence-electron chi connectivity index (χ0n) is 12.0. The Labute approximate surface area is 106 Å². The zero-order valence-corrected chi connectivity index (χ0v) is 12.0. The molecular formula is C14H27N3. The van der Waals surface area contributed by atoms with Crippen molar-refractivity contribution in [2.45, 2.75) is 60.5 Å². The molecule has 1 N–H and O–H groups in total. The fraction of sp³-hybridized carbons (Fsp3) is 0.786. The second-order valence-electron chi connectivity index (χ2n) is 4.92. The molecular weight excluding hydrogens is 210 g/mol. The highest BCUT2D eigenvalue weighted by atomic mass is 15.3. The summed E-state index contributed by atoms with van der Waals surface area (Å²) in [5, 5.41) is 8.23. The first-order valence-corrected chi connectivity index (χ1v) is 6.92. The van der Waals surface area contributed by atoms with Crippen LogP contribution in [-0.2, 0) is 25.9 Å². The fourth-order valence-corrected chi connectivity index (χ4v) is 2.22. The van der Waals surface area contributed by atoms with Crippen LogP contribution in [0.3, 0.4) is 0 Å². The van der Waals surface area contributed by atoms with Gasteiger partial charge in [-0.1, -0.05) is 27.7 Å². The Hall–Kier alpha value is -0.830. The van der Waals surface area contributed by atoms with E-state index in [0.29, 0.717) is 5.92 Å². The standard InChI is InChI=1S/C14H27N3/c1-6-13-12(10-15-9-11(4)5)14(7-2)17(8-3)16-13/h11,15H,6-10H2,1-5H3. The lowest BCUT2D eigenvalue weighted by molar-refractivity contribution is 0.548. The van der Waals surface area contributed by atoms with Crippen LogP contribution in [-0.4, -0.2) is 16.3 Å². The molecule has 0 aliphatic carbocycles. The van der Waals surface area contributed by atoms with Crippen molar-refractivity contribution in [3.63, 3.8) is 0 Å². The Morgan fingerprint density at radius 1 is 1.18 bits per heavy atom. The van der Waals surface area contributed by atoms with Gasteiger partial charge >= 0.3 is 0 Å². The molecule has 0 amide bonds. The van der Waals surface area contributed by atoms with Crippen LogP contribution in [0.4, 0.5) is 0 Å². The fourth-order valence-electron chi connectivity index (χ4n) is 2.22. The average Bonchev–Trinajstić information content (AvgIpc) is 2.65. The predicted octanol–water partition coefficient (Wildman–Crippen LogP) is 2.77. The van der Waals surface area contributed by atoms with Crippen molar-refractivity contribution >= 4 is 0 Å². The molecule has 3 heteroatoms. The Balaban J connectivity index is 2.83. The third kappa shape index (κ3) is 3.56. The topological polar surface area (TPSA) is 29.9 Å². The molecule has 1 aromatic rings.